The van der Waals surface area contributed by atoms with Crippen molar-refractivity contribution >= 4 is 11.6 Å². The average Bonchev–Trinajstić information content (AvgIpc) is 2.83. The maximum atomic E-state index is 11.6. The maximum absolute atomic E-state index is 11.6. The molecule has 1 aromatic rings. The van der Waals surface area contributed by atoms with Crippen molar-refractivity contribution in [1.82, 2.24) is 5.32 Å². The zero-order valence-corrected chi connectivity index (χ0v) is 10.0. The standard InChI is InChI=1S/C13H18N2O2/c1-10-2-4-11(5-3-10)15-13(16)9-17-12-6-7-14-8-12/h2-5,12,14H,6-9H2,1H3,(H,15,16). The topological polar surface area (TPSA) is 50.4 Å². The number of rotatable bonds is 4. The predicted octanol–water partition coefficient (Wildman–Crippen LogP) is 1.31. The van der Waals surface area contributed by atoms with Gasteiger partial charge in [0.05, 0.1) is 6.10 Å². The normalized spacial score (nSPS) is 19.2. The number of carbonyl (C=O) groups is 1. The molecule has 1 heterocycles. The van der Waals surface area contributed by atoms with Gasteiger partial charge in [0.1, 0.15) is 6.61 Å². The van der Waals surface area contributed by atoms with Crippen molar-refractivity contribution in [2.45, 2.75) is 19.4 Å². The Kier molecular flexibility index (Phi) is 4.12. The fraction of sp³-hybridized carbons (Fsp3) is 0.462. The first-order valence-corrected chi connectivity index (χ1v) is 5.93. The third-order valence-electron chi connectivity index (χ3n) is 2.80. The second kappa shape index (κ2) is 5.80. The summed E-state index contributed by atoms with van der Waals surface area (Å²) in [6.07, 6.45) is 1.16. The zero-order chi connectivity index (χ0) is 12.1. The Morgan fingerprint density at radius 1 is 1.47 bits per heavy atom. The molecule has 1 saturated heterocycles. The SMILES string of the molecule is Cc1ccc(NC(=O)COC2CCNC2)cc1. The minimum Gasteiger partial charge on any atom is -0.367 e. The van der Waals surface area contributed by atoms with Crippen LogP contribution in [0, 0.1) is 6.92 Å². The van der Waals surface area contributed by atoms with Crippen molar-refractivity contribution in [3.05, 3.63) is 29.8 Å². The molecule has 17 heavy (non-hydrogen) atoms. The number of aryl methyl sites for hydroxylation is 1. The number of ether oxygens (including phenoxy) is 1. The molecular formula is C13H18N2O2. The first-order valence-electron chi connectivity index (χ1n) is 5.93. The number of hydrogen-bond donors (Lipinski definition) is 2. The molecule has 0 saturated carbocycles. The minimum absolute atomic E-state index is 0.0965. The summed E-state index contributed by atoms with van der Waals surface area (Å²) in [7, 11) is 0. The van der Waals surface area contributed by atoms with Gasteiger partial charge in [-0.3, -0.25) is 4.79 Å². The lowest BCUT2D eigenvalue weighted by Crippen LogP contribution is -2.24. The highest BCUT2D eigenvalue weighted by Crippen LogP contribution is 2.09. The van der Waals surface area contributed by atoms with E-state index in [2.05, 4.69) is 10.6 Å². The van der Waals surface area contributed by atoms with E-state index < -0.39 is 0 Å². The van der Waals surface area contributed by atoms with Gasteiger partial charge in [0, 0.05) is 12.2 Å². The first kappa shape index (κ1) is 12.1. The highest BCUT2D eigenvalue weighted by atomic mass is 16.5. The van der Waals surface area contributed by atoms with Crippen LogP contribution in [0.15, 0.2) is 24.3 Å². The zero-order valence-electron chi connectivity index (χ0n) is 10.0. The third-order valence-corrected chi connectivity index (χ3v) is 2.80. The molecule has 1 aliphatic heterocycles. The van der Waals surface area contributed by atoms with E-state index in [0.29, 0.717) is 0 Å². The lowest BCUT2D eigenvalue weighted by molar-refractivity contribution is -0.122. The minimum atomic E-state index is -0.0965. The monoisotopic (exact) mass is 234 g/mol. The van der Waals surface area contributed by atoms with Crippen molar-refractivity contribution in [2.24, 2.45) is 0 Å². The van der Waals surface area contributed by atoms with Gasteiger partial charge in [-0.25, -0.2) is 0 Å². The lowest BCUT2D eigenvalue weighted by atomic mass is 10.2. The molecule has 0 radical (unpaired) electrons. The summed E-state index contributed by atoms with van der Waals surface area (Å²) < 4.78 is 5.49. The Bertz CT molecular complexity index is 370. The van der Waals surface area contributed by atoms with Gasteiger partial charge in [0.2, 0.25) is 5.91 Å². The highest BCUT2D eigenvalue weighted by molar-refractivity contribution is 5.91. The van der Waals surface area contributed by atoms with E-state index in [1.54, 1.807) is 0 Å². The molecule has 0 aliphatic carbocycles. The molecule has 0 spiro atoms. The number of hydrogen-bond acceptors (Lipinski definition) is 3. The van der Waals surface area contributed by atoms with Gasteiger partial charge in [-0.2, -0.15) is 0 Å². The van der Waals surface area contributed by atoms with Crippen molar-refractivity contribution in [2.75, 3.05) is 25.0 Å². The number of benzene rings is 1. The summed E-state index contributed by atoms with van der Waals surface area (Å²) in [5.74, 6) is -0.0965. The molecule has 1 amide bonds. The lowest BCUT2D eigenvalue weighted by Gasteiger charge is -2.10. The van der Waals surface area contributed by atoms with Gasteiger partial charge in [-0.1, -0.05) is 17.7 Å². The summed E-state index contributed by atoms with van der Waals surface area (Å²) in [4.78, 5) is 11.6. The second-order valence-corrected chi connectivity index (χ2v) is 4.34. The van der Waals surface area contributed by atoms with Crippen LogP contribution < -0.4 is 10.6 Å². The van der Waals surface area contributed by atoms with Crippen LogP contribution in [0.3, 0.4) is 0 Å². The number of anilines is 1. The first-order chi connectivity index (χ1) is 8.24. The molecule has 2 N–H and O–H groups in total. The number of nitrogens with one attached hydrogen (secondary N) is 2. The Morgan fingerprint density at radius 3 is 2.88 bits per heavy atom. The Labute approximate surface area is 101 Å². The van der Waals surface area contributed by atoms with Crippen molar-refractivity contribution in [1.29, 1.82) is 0 Å². The third kappa shape index (κ3) is 3.84. The van der Waals surface area contributed by atoms with E-state index in [4.69, 9.17) is 4.74 Å². The molecule has 1 atom stereocenters. The molecule has 92 valence electrons. The second-order valence-electron chi connectivity index (χ2n) is 4.34. The van der Waals surface area contributed by atoms with Crippen LogP contribution in [0.1, 0.15) is 12.0 Å². The average molecular weight is 234 g/mol. The molecule has 1 aliphatic rings. The van der Waals surface area contributed by atoms with Gasteiger partial charge in [-0.05, 0) is 32.0 Å². The van der Waals surface area contributed by atoms with E-state index in [1.165, 1.54) is 5.56 Å². The van der Waals surface area contributed by atoms with Crippen molar-refractivity contribution in [3.63, 3.8) is 0 Å². The van der Waals surface area contributed by atoms with Crippen LogP contribution in [0.4, 0.5) is 5.69 Å². The molecule has 1 unspecified atom stereocenters. The van der Waals surface area contributed by atoms with E-state index in [9.17, 15) is 4.79 Å². The summed E-state index contributed by atoms with van der Waals surface area (Å²) in [6.45, 7) is 3.96. The Hall–Kier alpha value is -1.39. The van der Waals surface area contributed by atoms with Crippen LogP contribution in [-0.4, -0.2) is 31.7 Å². The van der Waals surface area contributed by atoms with Crippen LogP contribution >= 0.6 is 0 Å². The number of amides is 1. The van der Waals surface area contributed by atoms with E-state index in [-0.39, 0.29) is 18.6 Å². The highest BCUT2D eigenvalue weighted by Gasteiger charge is 2.15. The summed E-state index contributed by atoms with van der Waals surface area (Å²) in [5.41, 5.74) is 1.99. The summed E-state index contributed by atoms with van der Waals surface area (Å²) in [5, 5.41) is 6.00. The Balaban J connectivity index is 1.74. The fourth-order valence-electron chi connectivity index (χ4n) is 1.80. The van der Waals surface area contributed by atoms with E-state index in [0.717, 1.165) is 25.2 Å². The largest absolute Gasteiger partial charge is 0.367 e. The van der Waals surface area contributed by atoms with Gasteiger partial charge in [-0.15, -0.1) is 0 Å². The van der Waals surface area contributed by atoms with Crippen LogP contribution in [0.5, 0.6) is 0 Å². The van der Waals surface area contributed by atoms with Gasteiger partial charge in [0.25, 0.3) is 0 Å². The van der Waals surface area contributed by atoms with E-state index >= 15 is 0 Å². The van der Waals surface area contributed by atoms with Crippen LogP contribution in [-0.2, 0) is 9.53 Å². The van der Waals surface area contributed by atoms with Crippen LogP contribution in [0.25, 0.3) is 0 Å². The molecule has 0 bridgehead atoms. The van der Waals surface area contributed by atoms with Crippen molar-refractivity contribution in [3.8, 4) is 0 Å². The molecule has 4 heteroatoms. The molecule has 4 nitrogen and oxygen atoms in total. The van der Waals surface area contributed by atoms with Crippen molar-refractivity contribution < 1.29 is 9.53 Å². The molecule has 1 aromatic carbocycles. The van der Waals surface area contributed by atoms with Gasteiger partial charge in [0.15, 0.2) is 0 Å². The maximum Gasteiger partial charge on any atom is 0.250 e. The van der Waals surface area contributed by atoms with E-state index in [1.807, 2.05) is 31.2 Å². The van der Waals surface area contributed by atoms with Gasteiger partial charge >= 0.3 is 0 Å². The molecule has 1 fully saturated rings. The fourth-order valence-corrected chi connectivity index (χ4v) is 1.80. The smallest absolute Gasteiger partial charge is 0.250 e. The molecule has 2 rings (SSSR count). The predicted molar refractivity (Wildman–Crippen MR) is 67.0 cm³/mol. The van der Waals surface area contributed by atoms with Crippen LogP contribution in [0.2, 0.25) is 0 Å². The Morgan fingerprint density at radius 2 is 2.24 bits per heavy atom. The summed E-state index contributed by atoms with van der Waals surface area (Å²) in [6, 6.07) is 7.73. The van der Waals surface area contributed by atoms with Gasteiger partial charge < -0.3 is 15.4 Å². The number of carbonyl (C=O) groups excluding carboxylic acids is 1. The molecule has 0 aromatic heterocycles. The quantitative estimate of drug-likeness (QED) is 0.826. The summed E-state index contributed by atoms with van der Waals surface area (Å²) >= 11 is 0. The molecular weight excluding hydrogens is 216 g/mol.